The number of benzene rings is 2. The molecule has 1 aromatic heterocycles. The van der Waals surface area contributed by atoms with Crippen molar-refractivity contribution in [3.05, 3.63) is 74.4 Å². The van der Waals surface area contributed by atoms with Crippen LogP contribution in [-0.4, -0.2) is 42.0 Å². The number of nitrogens with one attached hydrogen (secondary N) is 3. The van der Waals surface area contributed by atoms with Crippen LogP contribution >= 0.6 is 11.6 Å². The maximum Gasteiger partial charge on any atom is 0.256 e. The first kappa shape index (κ1) is 22.9. The van der Waals surface area contributed by atoms with E-state index >= 15 is 0 Å². The van der Waals surface area contributed by atoms with Crippen molar-refractivity contribution in [2.24, 2.45) is 0 Å². The Kier molecular flexibility index (Phi) is 6.32. The lowest BCUT2D eigenvalue weighted by molar-refractivity contribution is -0.131. The summed E-state index contributed by atoms with van der Waals surface area (Å²) in [6.45, 7) is 4.38. The van der Waals surface area contributed by atoms with Gasteiger partial charge in [0.2, 0.25) is 5.91 Å². The molecule has 0 saturated carbocycles. The first-order chi connectivity index (χ1) is 16.4. The van der Waals surface area contributed by atoms with Gasteiger partial charge in [-0.25, -0.2) is 4.39 Å². The zero-order valence-electron chi connectivity index (χ0n) is 19.1. The van der Waals surface area contributed by atoms with Gasteiger partial charge in [0.1, 0.15) is 5.82 Å². The highest BCUT2D eigenvalue weighted by Gasteiger charge is 2.27. The average molecular weight is 483 g/mol. The molecule has 0 spiro atoms. The number of H-pyrrole nitrogens is 1. The van der Waals surface area contributed by atoms with Gasteiger partial charge in [-0.2, -0.15) is 0 Å². The number of amides is 1. The van der Waals surface area contributed by atoms with Crippen LogP contribution in [0.4, 0.5) is 10.1 Å². The Morgan fingerprint density at radius 2 is 2.00 bits per heavy atom. The van der Waals surface area contributed by atoms with E-state index < -0.39 is 5.82 Å². The van der Waals surface area contributed by atoms with Crippen LogP contribution in [0.15, 0.2) is 41.2 Å². The van der Waals surface area contributed by atoms with E-state index in [0.717, 1.165) is 49.2 Å². The first-order valence-corrected chi connectivity index (χ1v) is 12.2. The molecule has 0 aliphatic carbocycles. The average Bonchev–Trinajstić information content (AvgIpc) is 2.83. The number of aromatic amines is 1. The van der Waals surface area contributed by atoms with Crippen molar-refractivity contribution < 1.29 is 9.18 Å². The van der Waals surface area contributed by atoms with Crippen LogP contribution in [-0.2, 0) is 11.2 Å². The van der Waals surface area contributed by atoms with Crippen LogP contribution in [0, 0.1) is 5.82 Å². The summed E-state index contributed by atoms with van der Waals surface area (Å²) in [4.78, 5) is 30.4. The van der Waals surface area contributed by atoms with E-state index in [-0.39, 0.29) is 35.7 Å². The molecule has 2 aromatic carbocycles. The lowest BCUT2D eigenvalue weighted by Gasteiger charge is -2.35. The highest BCUT2D eigenvalue weighted by Crippen LogP contribution is 2.31. The Morgan fingerprint density at radius 3 is 2.79 bits per heavy atom. The number of hydrogen-bond donors (Lipinski definition) is 3. The number of rotatable bonds is 4. The van der Waals surface area contributed by atoms with Gasteiger partial charge < -0.3 is 20.5 Å². The number of carbonyl (C=O) groups is 1. The number of fused-ring (bicyclic) bond motifs is 2. The molecule has 3 heterocycles. The van der Waals surface area contributed by atoms with Crippen molar-refractivity contribution in [1.82, 2.24) is 15.2 Å². The molecular weight excluding hydrogens is 455 g/mol. The SMILES string of the molecule is C[C@H]1c2ccc(Cl)cc2CCN1C(=O)CNc1cc2cc(C3CCNCC3)[nH]c(=O)c2cc1F. The molecule has 1 amide bonds. The highest BCUT2D eigenvalue weighted by molar-refractivity contribution is 6.30. The third kappa shape index (κ3) is 4.42. The fourth-order valence-corrected chi connectivity index (χ4v) is 5.41. The van der Waals surface area contributed by atoms with Crippen LogP contribution in [0.3, 0.4) is 0 Å². The molecule has 2 aliphatic rings. The van der Waals surface area contributed by atoms with Crippen LogP contribution in [0.1, 0.15) is 48.5 Å². The summed E-state index contributed by atoms with van der Waals surface area (Å²) >= 11 is 6.11. The number of carbonyl (C=O) groups excluding carboxylic acids is 1. The van der Waals surface area contributed by atoms with Gasteiger partial charge in [-0.1, -0.05) is 17.7 Å². The lowest BCUT2D eigenvalue weighted by atomic mass is 9.93. The minimum Gasteiger partial charge on any atom is -0.374 e. The number of pyridine rings is 1. The van der Waals surface area contributed by atoms with Gasteiger partial charge >= 0.3 is 0 Å². The van der Waals surface area contributed by atoms with E-state index in [4.69, 9.17) is 11.6 Å². The van der Waals surface area contributed by atoms with Crippen molar-refractivity contribution in [2.75, 3.05) is 31.5 Å². The topological polar surface area (TPSA) is 77.2 Å². The largest absolute Gasteiger partial charge is 0.374 e. The van der Waals surface area contributed by atoms with E-state index in [9.17, 15) is 14.0 Å². The smallest absolute Gasteiger partial charge is 0.256 e. The molecule has 5 rings (SSSR count). The molecule has 2 aliphatic heterocycles. The summed E-state index contributed by atoms with van der Waals surface area (Å²) < 4.78 is 14.8. The zero-order valence-corrected chi connectivity index (χ0v) is 19.8. The second-order valence-corrected chi connectivity index (χ2v) is 9.64. The minimum absolute atomic E-state index is 0.0277. The summed E-state index contributed by atoms with van der Waals surface area (Å²) in [5.74, 6) is -0.374. The first-order valence-electron chi connectivity index (χ1n) is 11.8. The number of piperidine rings is 1. The van der Waals surface area contributed by atoms with Crippen LogP contribution in [0.2, 0.25) is 5.02 Å². The second-order valence-electron chi connectivity index (χ2n) is 9.21. The molecule has 6 nitrogen and oxygen atoms in total. The third-order valence-corrected chi connectivity index (χ3v) is 7.36. The summed E-state index contributed by atoms with van der Waals surface area (Å²) in [7, 11) is 0. The highest BCUT2D eigenvalue weighted by atomic mass is 35.5. The van der Waals surface area contributed by atoms with Gasteiger partial charge in [-0.15, -0.1) is 0 Å². The van der Waals surface area contributed by atoms with Gasteiger partial charge in [0, 0.05) is 23.2 Å². The van der Waals surface area contributed by atoms with Gasteiger partial charge in [0.15, 0.2) is 0 Å². The maximum absolute atomic E-state index is 14.8. The molecule has 0 bridgehead atoms. The van der Waals surface area contributed by atoms with Crippen LogP contribution < -0.4 is 16.2 Å². The number of anilines is 1. The number of nitrogens with zero attached hydrogens (tertiary/aromatic N) is 1. The zero-order chi connectivity index (χ0) is 23.8. The summed E-state index contributed by atoms with van der Waals surface area (Å²) in [5.41, 5.74) is 3.07. The minimum atomic E-state index is -0.549. The van der Waals surface area contributed by atoms with Crippen molar-refractivity contribution in [2.45, 2.75) is 38.1 Å². The molecule has 178 valence electrons. The Balaban J connectivity index is 1.34. The number of halogens is 2. The van der Waals surface area contributed by atoms with E-state index in [1.54, 1.807) is 6.07 Å². The quantitative estimate of drug-likeness (QED) is 0.517. The number of aromatic nitrogens is 1. The molecule has 1 fully saturated rings. The lowest BCUT2D eigenvalue weighted by Crippen LogP contribution is -2.41. The molecule has 8 heteroatoms. The van der Waals surface area contributed by atoms with Gasteiger partial charge in [-0.05, 0) is 86.1 Å². The maximum atomic E-state index is 14.8. The molecule has 0 unspecified atom stereocenters. The van der Waals surface area contributed by atoms with E-state index in [1.807, 2.05) is 36.1 Å². The van der Waals surface area contributed by atoms with Crippen molar-refractivity contribution >= 4 is 34.0 Å². The van der Waals surface area contributed by atoms with Crippen LogP contribution in [0.5, 0.6) is 0 Å². The fraction of sp³-hybridized carbons (Fsp3) is 0.385. The molecular formula is C26H28ClFN4O2. The van der Waals surface area contributed by atoms with E-state index in [0.29, 0.717) is 22.3 Å². The van der Waals surface area contributed by atoms with E-state index in [2.05, 4.69) is 15.6 Å². The van der Waals surface area contributed by atoms with Crippen molar-refractivity contribution in [3.8, 4) is 0 Å². The van der Waals surface area contributed by atoms with Gasteiger partial charge in [0.25, 0.3) is 5.56 Å². The number of hydrogen-bond acceptors (Lipinski definition) is 4. The van der Waals surface area contributed by atoms with E-state index in [1.165, 1.54) is 6.07 Å². The van der Waals surface area contributed by atoms with Gasteiger partial charge in [-0.3, -0.25) is 9.59 Å². The van der Waals surface area contributed by atoms with Gasteiger partial charge in [0.05, 0.1) is 23.7 Å². The monoisotopic (exact) mass is 482 g/mol. The summed E-state index contributed by atoms with van der Waals surface area (Å²) in [6, 6.07) is 10.5. The summed E-state index contributed by atoms with van der Waals surface area (Å²) in [5, 5.41) is 7.97. The Hall–Kier alpha value is -2.90. The third-order valence-electron chi connectivity index (χ3n) is 7.13. The van der Waals surface area contributed by atoms with Crippen LogP contribution in [0.25, 0.3) is 10.8 Å². The second kappa shape index (κ2) is 9.39. The van der Waals surface area contributed by atoms with Crippen molar-refractivity contribution in [1.29, 1.82) is 0 Å². The Bertz CT molecular complexity index is 1300. The predicted molar refractivity (Wildman–Crippen MR) is 133 cm³/mol. The normalized spacial score (nSPS) is 18.7. The fourth-order valence-electron chi connectivity index (χ4n) is 5.21. The molecule has 1 atom stereocenters. The molecule has 0 radical (unpaired) electrons. The summed E-state index contributed by atoms with van der Waals surface area (Å²) in [6.07, 6.45) is 2.63. The predicted octanol–water partition coefficient (Wildman–Crippen LogP) is 4.35. The Labute approximate surface area is 202 Å². The molecule has 3 N–H and O–H groups in total. The molecule has 1 saturated heterocycles. The van der Waals surface area contributed by atoms with Crippen molar-refractivity contribution in [3.63, 3.8) is 0 Å². The molecule has 3 aromatic rings. The Morgan fingerprint density at radius 1 is 1.21 bits per heavy atom. The standard InChI is InChI=1S/C26H28ClFN4O2/c1-15-20-3-2-19(27)10-17(20)6-9-32(15)25(33)14-30-24-12-18-11-23(16-4-7-29-8-5-16)31-26(34)21(18)13-22(24)28/h2-3,10-13,15-16,29-30H,4-9,14H2,1H3,(H,31,34)/t15-/m0/s1. The molecule has 34 heavy (non-hydrogen) atoms.